The van der Waals surface area contributed by atoms with Crippen LogP contribution in [-0.2, 0) is 4.79 Å². The lowest BCUT2D eigenvalue weighted by Gasteiger charge is -2.17. The normalized spacial score (nSPS) is 14.6. The highest BCUT2D eigenvalue weighted by molar-refractivity contribution is 8.00. The average Bonchev–Trinajstić information content (AvgIpc) is 2.76. The zero-order valence-corrected chi connectivity index (χ0v) is 11.3. The van der Waals surface area contributed by atoms with E-state index >= 15 is 0 Å². The quantitative estimate of drug-likeness (QED) is 0.889. The van der Waals surface area contributed by atoms with Crippen LogP contribution in [0.25, 0.3) is 0 Å². The SMILES string of the molecule is CCC(SCC(=O)O)c1cc2c(cc1C)OCO2. The van der Waals surface area contributed by atoms with Crippen LogP contribution < -0.4 is 9.47 Å². The summed E-state index contributed by atoms with van der Waals surface area (Å²) in [4.78, 5) is 10.7. The van der Waals surface area contributed by atoms with Gasteiger partial charge in [0.05, 0.1) is 5.75 Å². The molecule has 1 heterocycles. The van der Waals surface area contributed by atoms with E-state index in [1.165, 1.54) is 11.8 Å². The number of hydrogen-bond acceptors (Lipinski definition) is 4. The Balaban J connectivity index is 2.22. The van der Waals surface area contributed by atoms with Gasteiger partial charge in [0.1, 0.15) is 0 Å². The van der Waals surface area contributed by atoms with Gasteiger partial charge in [-0.2, -0.15) is 0 Å². The van der Waals surface area contributed by atoms with Gasteiger partial charge in [0.15, 0.2) is 11.5 Å². The summed E-state index contributed by atoms with van der Waals surface area (Å²) < 4.78 is 10.7. The molecule has 1 unspecified atom stereocenters. The number of benzene rings is 1. The first-order valence-electron chi connectivity index (χ1n) is 5.85. The molecule has 1 N–H and O–H groups in total. The van der Waals surface area contributed by atoms with E-state index in [4.69, 9.17) is 14.6 Å². The second kappa shape index (κ2) is 5.52. The standard InChI is InChI=1S/C13H16O4S/c1-3-12(18-6-13(14)15)9-5-11-10(4-8(9)2)16-7-17-11/h4-5,12H,3,6-7H2,1-2H3,(H,14,15). The molecule has 0 amide bonds. The summed E-state index contributed by atoms with van der Waals surface area (Å²) >= 11 is 1.45. The van der Waals surface area contributed by atoms with Crippen LogP contribution in [0, 0.1) is 6.92 Å². The van der Waals surface area contributed by atoms with Crippen LogP contribution in [0.2, 0.25) is 0 Å². The molecule has 0 saturated carbocycles. The fourth-order valence-electron chi connectivity index (χ4n) is 2.01. The molecule has 1 aromatic rings. The van der Waals surface area contributed by atoms with Crippen molar-refractivity contribution in [3.63, 3.8) is 0 Å². The maximum atomic E-state index is 10.7. The van der Waals surface area contributed by atoms with Gasteiger partial charge in [-0.15, -0.1) is 11.8 Å². The van der Waals surface area contributed by atoms with E-state index in [1.807, 2.05) is 19.1 Å². The fraction of sp³-hybridized carbons (Fsp3) is 0.462. The Bertz CT molecular complexity index is 459. The molecule has 0 spiro atoms. The molecule has 1 aliphatic heterocycles. The van der Waals surface area contributed by atoms with Crippen molar-refractivity contribution in [1.82, 2.24) is 0 Å². The van der Waals surface area contributed by atoms with Gasteiger partial charge in [0.2, 0.25) is 6.79 Å². The van der Waals surface area contributed by atoms with Crippen molar-refractivity contribution in [2.24, 2.45) is 0 Å². The summed E-state index contributed by atoms with van der Waals surface area (Å²) in [5.74, 6) is 0.864. The maximum absolute atomic E-state index is 10.7. The lowest BCUT2D eigenvalue weighted by Crippen LogP contribution is -2.03. The number of ether oxygens (including phenoxy) is 2. The number of carboxylic acids is 1. The maximum Gasteiger partial charge on any atom is 0.313 e. The average molecular weight is 268 g/mol. The molecule has 4 nitrogen and oxygen atoms in total. The van der Waals surface area contributed by atoms with Crippen molar-refractivity contribution < 1.29 is 19.4 Å². The number of carbonyl (C=O) groups is 1. The summed E-state index contributed by atoms with van der Waals surface area (Å²) in [7, 11) is 0. The summed E-state index contributed by atoms with van der Waals surface area (Å²) in [6.07, 6.45) is 0.887. The zero-order valence-electron chi connectivity index (χ0n) is 10.4. The Morgan fingerprint density at radius 3 is 2.72 bits per heavy atom. The Hall–Kier alpha value is -1.36. The number of carboxylic acid groups (broad SMARTS) is 1. The Morgan fingerprint density at radius 2 is 2.11 bits per heavy atom. The summed E-state index contributed by atoms with van der Waals surface area (Å²) in [6.45, 7) is 4.34. The molecule has 0 aromatic heterocycles. The van der Waals surface area contributed by atoms with E-state index in [9.17, 15) is 4.79 Å². The molecule has 0 saturated heterocycles. The highest BCUT2D eigenvalue weighted by Crippen LogP contribution is 2.41. The van der Waals surface area contributed by atoms with Gasteiger partial charge in [-0.25, -0.2) is 0 Å². The van der Waals surface area contributed by atoms with Crippen LogP contribution in [0.1, 0.15) is 29.7 Å². The minimum absolute atomic E-state index is 0.117. The van der Waals surface area contributed by atoms with Crippen molar-refractivity contribution in [2.45, 2.75) is 25.5 Å². The predicted octanol–water partition coefficient (Wildman–Crippen LogP) is 2.99. The van der Waals surface area contributed by atoms with Crippen molar-refractivity contribution in [3.05, 3.63) is 23.3 Å². The molecule has 98 valence electrons. The van der Waals surface area contributed by atoms with Crippen molar-refractivity contribution in [1.29, 1.82) is 0 Å². The first kappa shape index (κ1) is 13.1. The summed E-state index contributed by atoms with van der Waals surface area (Å²) in [6, 6.07) is 3.93. The molecule has 1 aliphatic rings. The number of thioether (sulfide) groups is 1. The van der Waals surface area contributed by atoms with Crippen LogP contribution in [-0.4, -0.2) is 23.6 Å². The Kier molecular flexibility index (Phi) is 4.01. The second-order valence-electron chi connectivity index (χ2n) is 4.16. The van der Waals surface area contributed by atoms with E-state index in [0.29, 0.717) is 0 Å². The van der Waals surface area contributed by atoms with Gasteiger partial charge in [-0.1, -0.05) is 6.92 Å². The highest BCUT2D eigenvalue weighted by atomic mass is 32.2. The Labute approximate surface area is 110 Å². The van der Waals surface area contributed by atoms with Crippen LogP contribution >= 0.6 is 11.8 Å². The van der Waals surface area contributed by atoms with Crippen LogP contribution in [0.3, 0.4) is 0 Å². The van der Waals surface area contributed by atoms with Gasteiger partial charge >= 0.3 is 5.97 Å². The first-order chi connectivity index (χ1) is 8.61. The molecule has 0 bridgehead atoms. The van der Waals surface area contributed by atoms with E-state index in [-0.39, 0.29) is 17.8 Å². The third-order valence-electron chi connectivity index (χ3n) is 2.89. The van der Waals surface area contributed by atoms with Gasteiger partial charge in [0, 0.05) is 5.25 Å². The van der Waals surface area contributed by atoms with E-state index < -0.39 is 5.97 Å². The lowest BCUT2D eigenvalue weighted by atomic mass is 10.0. The molecule has 0 fully saturated rings. The third-order valence-corrected chi connectivity index (χ3v) is 4.29. The zero-order chi connectivity index (χ0) is 13.1. The largest absolute Gasteiger partial charge is 0.481 e. The minimum atomic E-state index is -0.781. The van der Waals surface area contributed by atoms with E-state index in [2.05, 4.69) is 6.92 Å². The highest BCUT2D eigenvalue weighted by Gasteiger charge is 2.20. The number of aryl methyl sites for hydroxylation is 1. The molecular weight excluding hydrogens is 252 g/mol. The van der Waals surface area contributed by atoms with Gasteiger partial charge in [-0.3, -0.25) is 4.79 Å². The first-order valence-corrected chi connectivity index (χ1v) is 6.90. The van der Waals surface area contributed by atoms with Crippen LogP contribution in [0.4, 0.5) is 0 Å². The fourth-order valence-corrected chi connectivity index (χ4v) is 3.02. The van der Waals surface area contributed by atoms with Crippen LogP contribution in [0.5, 0.6) is 11.5 Å². The smallest absolute Gasteiger partial charge is 0.313 e. The van der Waals surface area contributed by atoms with Crippen LogP contribution in [0.15, 0.2) is 12.1 Å². The number of hydrogen-bond donors (Lipinski definition) is 1. The third kappa shape index (κ3) is 2.72. The molecule has 2 rings (SSSR count). The van der Waals surface area contributed by atoms with Gasteiger partial charge in [0.25, 0.3) is 0 Å². The summed E-state index contributed by atoms with van der Waals surface area (Å²) in [5.41, 5.74) is 2.25. The predicted molar refractivity (Wildman–Crippen MR) is 70.4 cm³/mol. The second-order valence-corrected chi connectivity index (χ2v) is 5.35. The number of aliphatic carboxylic acids is 1. The molecular formula is C13H16O4S. The van der Waals surface area contributed by atoms with Crippen molar-refractivity contribution >= 4 is 17.7 Å². The minimum Gasteiger partial charge on any atom is -0.481 e. The van der Waals surface area contributed by atoms with Gasteiger partial charge in [-0.05, 0) is 36.6 Å². The molecule has 1 atom stereocenters. The molecule has 18 heavy (non-hydrogen) atoms. The lowest BCUT2D eigenvalue weighted by molar-refractivity contribution is -0.133. The number of fused-ring (bicyclic) bond motifs is 1. The number of rotatable bonds is 5. The monoisotopic (exact) mass is 268 g/mol. The topological polar surface area (TPSA) is 55.8 Å². The van der Waals surface area contributed by atoms with E-state index in [1.54, 1.807) is 0 Å². The molecule has 0 aliphatic carbocycles. The molecule has 5 heteroatoms. The van der Waals surface area contributed by atoms with E-state index in [0.717, 1.165) is 29.0 Å². The van der Waals surface area contributed by atoms with Crippen molar-refractivity contribution in [2.75, 3.05) is 12.5 Å². The summed E-state index contributed by atoms with van der Waals surface area (Å²) in [5, 5.41) is 8.94. The van der Waals surface area contributed by atoms with Crippen molar-refractivity contribution in [3.8, 4) is 11.5 Å². The Morgan fingerprint density at radius 1 is 1.44 bits per heavy atom. The van der Waals surface area contributed by atoms with Gasteiger partial charge < -0.3 is 14.6 Å². The molecule has 1 aromatic carbocycles. The molecule has 0 radical (unpaired) electrons.